The first-order chi connectivity index (χ1) is 16.2. The fourth-order valence-electron chi connectivity index (χ4n) is 4.66. The Labute approximate surface area is 199 Å². The third-order valence-electron chi connectivity index (χ3n) is 6.52. The minimum Gasteiger partial charge on any atom is -0.497 e. The van der Waals surface area contributed by atoms with E-state index in [1.165, 1.54) is 5.56 Å². The van der Waals surface area contributed by atoms with Gasteiger partial charge in [0.25, 0.3) is 0 Å². The van der Waals surface area contributed by atoms with E-state index >= 15 is 0 Å². The smallest absolute Gasteiger partial charge is 0.119 e. The number of fused-ring (bicyclic) bond motifs is 2. The Kier molecular flexibility index (Phi) is 6.96. The number of hydrogen-bond donors (Lipinski definition) is 3. The molecule has 0 aliphatic carbocycles. The van der Waals surface area contributed by atoms with Crippen LogP contribution >= 0.6 is 11.8 Å². The van der Waals surface area contributed by atoms with Crippen LogP contribution in [0.5, 0.6) is 5.75 Å². The minimum atomic E-state index is -0.556. The highest BCUT2D eigenvalue weighted by atomic mass is 32.2. The molecule has 2 aromatic heterocycles. The van der Waals surface area contributed by atoms with Gasteiger partial charge in [-0.15, -0.1) is 11.8 Å². The maximum Gasteiger partial charge on any atom is 0.119 e. The number of benzene rings is 1. The van der Waals surface area contributed by atoms with Crippen LogP contribution in [-0.2, 0) is 6.54 Å². The number of aliphatic hydroxyl groups excluding tert-OH is 1. The van der Waals surface area contributed by atoms with E-state index in [1.807, 2.05) is 42.2 Å². The molecule has 3 N–H and O–H groups in total. The van der Waals surface area contributed by atoms with Crippen molar-refractivity contribution < 1.29 is 9.84 Å². The van der Waals surface area contributed by atoms with Gasteiger partial charge in [-0.05, 0) is 67.4 Å². The zero-order valence-corrected chi connectivity index (χ0v) is 19.8. The molecule has 0 bridgehead atoms. The number of hydrogen-bond acceptors (Lipinski definition) is 8. The Balaban J connectivity index is 1.14. The van der Waals surface area contributed by atoms with E-state index < -0.39 is 6.10 Å². The molecule has 8 heteroatoms. The lowest BCUT2D eigenvalue weighted by Crippen LogP contribution is -2.43. The third-order valence-corrected chi connectivity index (χ3v) is 7.53. The van der Waals surface area contributed by atoms with Gasteiger partial charge in [0.2, 0.25) is 0 Å². The van der Waals surface area contributed by atoms with Gasteiger partial charge in [0.15, 0.2) is 0 Å². The minimum absolute atomic E-state index is 0.489. The molecule has 1 unspecified atom stereocenters. The number of aliphatic hydroxyl groups is 1. The molecule has 0 spiro atoms. The second kappa shape index (κ2) is 10.3. The summed E-state index contributed by atoms with van der Waals surface area (Å²) in [6.45, 7) is 4.42. The summed E-state index contributed by atoms with van der Waals surface area (Å²) in [5.41, 5.74) is 4.17. The van der Waals surface area contributed by atoms with Crippen LogP contribution in [0.15, 0.2) is 47.8 Å². The highest BCUT2D eigenvalue weighted by molar-refractivity contribution is 7.99. The molecule has 4 heterocycles. The van der Waals surface area contributed by atoms with Crippen molar-refractivity contribution in [2.24, 2.45) is 0 Å². The Morgan fingerprint density at radius 3 is 2.97 bits per heavy atom. The molecule has 1 aromatic carbocycles. The zero-order valence-electron chi connectivity index (χ0n) is 19.0. The van der Waals surface area contributed by atoms with E-state index in [4.69, 9.17) is 4.74 Å². The third kappa shape index (κ3) is 5.24. The number of pyridine rings is 2. The number of methoxy groups -OCH3 is 1. The lowest BCUT2D eigenvalue weighted by Gasteiger charge is -2.34. The summed E-state index contributed by atoms with van der Waals surface area (Å²) in [6, 6.07) is 10.4. The quantitative estimate of drug-likeness (QED) is 0.490. The molecule has 33 heavy (non-hydrogen) atoms. The number of ether oxygens (including phenoxy) is 1. The second-order valence-electron chi connectivity index (χ2n) is 8.73. The summed E-state index contributed by atoms with van der Waals surface area (Å²) in [5.74, 6) is 1.86. The molecular formula is C25H31N5O2S. The van der Waals surface area contributed by atoms with Crippen molar-refractivity contribution in [3.63, 3.8) is 0 Å². The lowest BCUT2D eigenvalue weighted by atomic mass is 10.0. The molecule has 5 rings (SSSR count). The van der Waals surface area contributed by atoms with Crippen molar-refractivity contribution in [2.45, 2.75) is 36.6 Å². The topological polar surface area (TPSA) is 82.5 Å². The number of likely N-dealkylation sites (tertiary alicyclic amines) is 1. The van der Waals surface area contributed by atoms with Crippen molar-refractivity contribution in [2.75, 3.05) is 44.4 Å². The summed E-state index contributed by atoms with van der Waals surface area (Å²) >= 11 is 1.82. The molecule has 1 atom stereocenters. The average Bonchev–Trinajstić information content (AvgIpc) is 2.87. The fourth-order valence-corrected chi connectivity index (χ4v) is 5.47. The lowest BCUT2D eigenvalue weighted by molar-refractivity contribution is 0.0949. The second-order valence-corrected chi connectivity index (χ2v) is 9.81. The van der Waals surface area contributed by atoms with Gasteiger partial charge >= 0.3 is 0 Å². The molecule has 7 nitrogen and oxygen atoms in total. The molecule has 174 valence electrons. The van der Waals surface area contributed by atoms with E-state index in [0.29, 0.717) is 12.6 Å². The number of aromatic nitrogens is 2. The molecule has 2 aliphatic rings. The van der Waals surface area contributed by atoms with Gasteiger partial charge in [0, 0.05) is 49.2 Å². The molecule has 0 amide bonds. The Hall–Kier alpha value is -2.39. The van der Waals surface area contributed by atoms with Crippen molar-refractivity contribution in [3.8, 4) is 5.75 Å². The van der Waals surface area contributed by atoms with Crippen LogP contribution < -0.4 is 15.4 Å². The molecule has 3 aromatic rings. The van der Waals surface area contributed by atoms with E-state index in [-0.39, 0.29) is 0 Å². The number of anilines is 1. The SMILES string of the molecule is COc1ccc2nccc(C(O)CN3CCC(NCc4cnc5c(c4)NCCS5)CC3)c2c1. The van der Waals surface area contributed by atoms with Gasteiger partial charge in [-0.25, -0.2) is 4.98 Å². The van der Waals surface area contributed by atoms with Gasteiger partial charge in [-0.3, -0.25) is 4.98 Å². The van der Waals surface area contributed by atoms with Gasteiger partial charge in [-0.2, -0.15) is 0 Å². The molecule has 2 aliphatic heterocycles. The summed E-state index contributed by atoms with van der Waals surface area (Å²) in [4.78, 5) is 11.4. The molecule has 0 saturated carbocycles. The standard InChI is InChI=1S/C25H31N5O2S/c1-32-19-2-3-22-21(13-19)20(4-7-26-22)24(31)16-30-9-5-18(6-10-30)28-14-17-12-23-25(29-15-17)33-11-8-27-23/h2-4,7,12-13,15,18,24,27-28,31H,5-6,8-11,14,16H2,1H3. The molecule has 1 fully saturated rings. The first kappa shape index (κ1) is 22.4. The Bertz CT molecular complexity index is 1100. The largest absolute Gasteiger partial charge is 0.497 e. The van der Waals surface area contributed by atoms with Crippen molar-refractivity contribution in [1.82, 2.24) is 20.2 Å². The monoisotopic (exact) mass is 465 g/mol. The summed E-state index contributed by atoms with van der Waals surface area (Å²) < 4.78 is 5.37. The fraction of sp³-hybridized carbons (Fsp3) is 0.440. The number of nitrogens with one attached hydrogen (secondary N) is 2. The maximum atomic E-state index is 11.0. The van der Waals surface area contributed by atoms with Gasteiger partial charge in [0.1, 0.15) is 10.8 Å². The first-order valence-corrected chi connectivity index (χ1v) is 12.6. The average molecular weight is 466 g/mol. The van der Waals surface area contributed by atoms with E-state index in [9.17, 15) is 5.11 Å². The number of β-amino-alcohol motifs (C(OH)–C–C–N with tert-alkyl or cyclic N) is 1. The van der Waals surface area contributed by atoms with Crippen LogP contribution in [0.25, 0.3) is 10.9 Å². The number of rotatable bonds is 7. The highest BCUT2D eigenvalue weighted by Crippen LogP contribution is 2.30. The first-order valence-electron chi connectivity index (χ1n) is 11.6. The molecule has 0 radical (unpaired) electrons. The van der Waals surface area contributed by atoms with Crippen LogP contribution in [0.4, 0.5) is 5.69 Å². The number of thioether (sulfide) groups is 1. The van der Waals surface area contributed by atoms with Crippen LogP contribution in [-0.4, -0.2) is 65.1 Å². The maximum absolute atomic E-state index is 11.0. The Morgan fingerprint density at radius 1 is 1.24 bits per heavy atom. The number of piperidine rings is 1. The van der Waals surface area contributed by atoms with Crippen LogP contribution in [0.3, 0.4) is 0 Å². The van der Waals surface area contributed by atoms with Gasteiger partial charge < -0.3 is 25.4 Å². The van der Waals surface area contributed by atoms with Gasteiger partial charge in [-0.1, -0.05) is 0 Å². The highest BCUT2D eigenvalue weighted by Gasteiger charge is 2.22. The molecular weight excluding hydrogens is 434 g/mol. The summed E-state index contributed by atoms with van der Waals surface area (Å²) in [7, 11) is 1.66. The van der Waals surface area contributed by atoms with Crippen LogP contribution in [0.1, 0.15) is 30.1 Å². The summed E-state index contributed by atoms with van der Waals surface area (Å²) in [6.07, 6.45) is 5.35. The van der Waals surface area contributed by atoms with Crippen molar-refractivity contribution in [1.29, 1.82) is 0 Å². The van der Waals surface area contributed by atoms with Crippen LogP contribution in [0, 0.1) is 0 Å². The normalized spacial score (nSPS) is 18.0. The summed E-state index contributed by atoms with van der Waals surface area (Å²) in [5, 5.41) is 20.2. The predicted octanol–water partition coefficient (Wildman–Crippen LogP) is 3.44. The van der Waals surface area contributed by atoms with E-state index in [2.05, 4.69) is 31.6 Å². The zero-order chi connectivity index (χ0) is 22.6. The Morgan fingerprint density at radius 2 is 2.12 bits per heavy atom. The van der Waals surface area contributed by atoms with Gasteiger partial charge in [0.05, 0.1) is 24.4 Å². The molecule has 1 saturated heterocycles. The number of nitrogens with zero attached hydrogens (tertiary/aromatic N) is 3. The van der Waals surface area contributed by atoms with E-state index in [1.54, 1.807) is 13.3 Å². The van der Waals surface area contributed by atoms with Crippen molar-refractivity contribution in [3.05, 3.63) is 53.9 Å². The predicted molar refractivity (Wildman–Crippen MR) is 133 cm³/mol. The van der Waals surface area contributed by atoms with E-state index in [0.717, 1.165) is 77.7 Å². The van der Waals surface area contributed by atoms with Crippen molar-refractivity contribution >= 4 is 28.4 Å². The van der Waals surface area contributed by atoms with Crippen LogP contribution in [0.2, 0.25) is 0 Å².